The number of sulfonamides is 1. The molecular formula is C24H28N4O4S. The van der Waals surface area contributed by atoms with E-state index >= 15 is 0 Å². The lowest BCUT2D eigenvalue weighted by atomic mass is 9.94. The first-order valence-electron chi connectivity index (χ1n) is 10.8. The number of H-pyrrole nitrogens is 1. The van der Waals surface area contributed by atoms with Crippen LogP contribution in [0.4, 0.5) is 5.69 Å². The average Bonchev–Trinajstić information content (AvgIpc) is 3.23. The lowest BCUT2D eigenvalue weighted by Crippen LogP contribution is -2.33. The van der Waals surface area contributed by atoms with Gasteiger partial charge in [-0.2, -0.15) is 4.31 Å². The largest absolute Gasteiger partial charge is 0.395 e. The maximum Gasteiger partial charge on any atom is 0.250 e. The molecule has 33 heavy (non-hydrogen) atoms. The third kappa shape index (κ3) is 4.52. The molecule has 5 N–H and O–H groups in total. The smallest absolute Gasteiger partial charge is 0.250 e. The van der Waals surface area contributed by atoms with Crippen LogP contribution in [0.2, 0.25) is 0 Å². The summed E-state index contributed by atoms with van der Waals surface area (Å²) in [6.07, 6.45) is 3.69. The fourth-order valence-corrected chi connectivity index (χ4v) is 5.11. The number of nitrogens with zero attached hydrogens (tertiary/aromatic N) is 1. The van der Waals surface area contributed by atoms with Crippen molar-refractivity contribution in [2.24, 2.45) is 5.73 Å². The van der Waals surface area contributed by atoms with Crippen LogP contribution < -0.4 is 11.1 Å². The van der Waals surface area contributed by atoms with Gasteiger partial charge < -0.3 is 21.1 Å². The molecule has 9 heteroatoms. The Kier molecular flexibility index (Phi) is 6.29. The van der Waals surface area contributed by atoms with E-state index in [4.69, 9.17) is 10.8 Å². The number of benzene rings is 2. The van der Waals surface area contributed by atoms with Gasteiger partial charge in [-0.15, -0.1) is 0 Å². The van der Waals surface area contributed by atoms with E-state index in [0.717, 1.165) is 39.0 Å². The number of aliphatic hydroxyl groups excluding tert-OH is 1. The minimum Gasteiger partial charge on any atom is -0.395 e. The number of aliphatic hydroxyl groups is 1. The van der Waals surface area contributed by atoms with Crippen LogP contribution in [0.25, 0.3) is 27.6 Å². The molecule has 1 aromatic heterocycles. The number of hydrogen-bond donors (Lipinski definition) is 4. The quantitative estimate of drug-likeness (QED) is 0.424. The SMILES string of the molecule is Cc1c(NCCO)cccc1-c1ccc(C(N)=O)c2[nH]c(C3=CCN(S(C)(=O)=O)CC3)cc12. The van der Waals surface area contributed by atoms with Crippen molar-refractivity contribution in [3.05, 3.63) is 59.3 Å². The van der Waals surface area contributed by atoms with Crippen LogP contribution in [0.5, 0.6) is 0 Å². The molecule has 0 saturated heterocycles. The number of rotatable bonds is 7. The predicted molar refractivity (Wildman–Crippen MR) is 132 cm³/mol. The molecule has 0 saturated carbocycles. The van der Waals surface area contributed by atoms with E-state index in [2.05, 4.69) is 10.3 Å². The number of anilines is 1. The Bertz CT molecular complexity index is 1360. The predicted octanol–water partition coefficient (Wildman–Crippen LogP) is 2.70. The topological polar surface area (TPSA) is 129 Å². The van der Waals surface area contributed by atoms with Crippen molar-refractivity contribution in [2.45, 2.75) is 13.3 Å². The van der Waals surface area contributed by atoms with Crippen molar-refractivity contribution in [2.75, 3.05) is 37.8 Å². The fraction of sp³-hybridized carbons (Fsp3) is 0.292. The summed E-state index contributed by atoms with van der Waals surface area (Å²) < 4.78 is 25.1. The van der Waals surface area contributed by atoms with E-state index in [9.17, 15) is 13.2 Å². The first kappa shape index (κ1) is 23.0. The first-order valence-corrected chi connectivity index (χ1v) is 12.6. The molecule has 0 aliphatic carbocycles. The third-order valence-electron chi connectivity index (χ3n) is 6.10. The van der Waals surface area contributed by atoms with Gasteiger partial charge in [-0.05, 0) is 53.8 Å². The fourth-order valence-electron chi connectivity index (χ4n) is 4.34. The molecule has 0 spiro atoms. The second-order valence-electron chi connectivity index (χ2n) is 8.23. The Morgan fingerprint density at radius 2 is 2.03 bits per heavy atom. The Labute approximate surface area is 193 Å². The van der Waals surface area contributed by atoms with Crippen molar-refractivity contribution in [1.82, 2.24) is 9.29 Å². The third-order valence-corrected chi connectivity index (χ3v) is 7.37. The van der Waals surface area contributed by atoms with Crippen LogP contribution in [-0.2, 0) is 10.0 Å². The molecule has 1 aliphatic rings. The van der Waals surface area contributed by atoms with Gasteiger partial charge in [-0.3, -0.25) is 4.79 Å². The Hall–Kier alpha value is -3.14. The summed E-state index contributed by atoms with van der Waals surface area (Å²) in [5.74, 6) is -0.518. The molecule has 1 aliphatic heterocycles. The standard InChI is InChI=1S/C24H28N4O4S/c1-15-17(4-3-5-21(15)26-10-13-29)18-6-7-19(24(25)30)23-20(18)14-22(27-23)16-8-11-28(12-9-16)33(2,31)32/h3-8,14,26-27,29H,9-13H2,1-2H3,(H2,25,30). The van der Waals surface area contributed by atoms with Gasteiger partial charge in [0.15, 0.2) is 0 Å². The van der Waals surface area contributed by atoms with Gasteiger partial charge in [0.25, 0.3) is 5.91 Å². The zero-order chi connectivity index (χ0) is 23.8. The van der Waals surface area contributed by atoms with Crippen molar-refractivity contribution in [1.29, 1.82) is 0 Å². The van der Waals surface area contributed by atoms with Crippen LogP contribution in [0.3, 0.4) is 0 Å². The first-order chi connectivity index (χ1) is 15.7. The van der Waals surface area contributed by atoms with Crippen LogP contribution >= 0.6 is 0 Å². The maximum atomic E-state index is 12.1. The normalized spacial score (nSPS) is 14.9. The monoisotopic (exact) mass is 468 g/mol. The zero-order valence-electron chi connectivity index (χ0n) is 18.7. The minimum absolute atomic E-state index is 0.0360. The summed E-state index contributed by atoms with van der Waals surface area (Å²) in [6.45, 7) is 3.23. The van der Waals surface area contributed by atoms with E-state index in [1.165, 1.54) is 10.6 Å². The van der Waals surface area contributed by atoms with Crippen molar-refractivity contribution in [3.8, 4) is 11.1 Å². The Morgan fingerprint density at radius 3 is 2.67 bits per heavy atom. The highest BCUT2D eigenvalue weighted by atomic mass is 32.2. The van der Waals surface area contributed by atoms with Crippen LogP contribution in [0.1, 0.15) is 28.0 Å². The second kappa shape index (κ2) is 9.01. The summed E-state index contributed by atoms with van der Waals surface area (Å²) in [5, 5.41) is 13.3. The molecule has 3 aromatic rings. The molecule has 1 amide bonds. The van der Waals surface area contributed by atoms with Gasteiger partial charge in [0, 0.05) is 36.4 Å². The molecule has 0 bridgehead atoms. The number of nitrogens with two attached hydrogens (primary N) is 1. The van der Waals surface area contributed by atoms with E-state index in [0.29, 0.717) is 37.1 Å². The molecule has 4 rings (SSSR count). The van der Waals surface area contributed by atoms with Gasteiger partial charge in [-0.1, -0.05) is 24.3 Å². The number of fused-ring (bicyclic) bond motifs is 1. The summed E-state index contributed by atoms with van der Waals surface area (Å²) in [4.78, 5) is 15.5. The number of hydrogen-bond acceptors (Lipinski definition) is 5. The van der Waals surface area contributed by atoms with Crippen LogP contribution in [0.15, 0.2) is 42.5 Å². The molecule has 8 nitrogen and oxygen atoms in total. The number of carbonyl (C=O) groups excluding carboxylic acids is 1. The van der Waals surface area contributed by atoms with Gasteiger partial charge in [0.1, 0.15) is 0 Å². The van der Waals surface area contributed by atoms with Gasteiger partial charge in [-0.25, -0.2) is 8.42 Å². The highest BCUT2D eigenvalue weighted by Gasteiger charge is 2.22. The van der Waals surface area contributed by atoms with Crippen molar-refractivity contribution in [3.63, 3.8) is 0 Å². The summed E-state index contributed by atoms with van der Waals surface area (Å²) in [7, 11) is -3.24. The lowest BCUT2D eigenvalue weighted by Gasteiger charge is -2.23. The molecule has 174 valence electrons. The molecule has 0 radical (unpaired) electrons. The number of nitrogens with one attached hydrogen (secondary N) is 2. The number of primary amides is 1. The molecule has 0 atom stereocenters. The van der Waals surface area contributed by atoms with Crippen molar-refractivity contribution < 1.29 is 18.3 Å². The maximum absolute atomic E-state index is 12.1. The van der Waals surface area contributed by atoms with Gasteiger partial charge >= 0.3 is 0 Å². The number of aromatic nitrogens is 1. The number of amides is 1. The van der Waals surface area contributed by atoms with Crippen molar-refractivity contribution >= 4 is 38.1 Å². The summed E-state index contributed by atoms with van der Waals surface area (Å²) >= 11 is 0. The molecule has 2 heterocycles. The zero-order valence-corrected chi connectivity index (χ0v) is 19.5. The van der Waals surface area contributed by atoms with Crippen LogP contribution in [-0.4, -0.2) is 61.2 Å². The summed E-state index contributed by atoms with van der Waals surface area (Å²) in [6, 6.07) is 11.6. The Morgan fingerprint density at radius 1 is 1.24 bits per heavy atom. The number of carbonyl (C=O) groups is 1. The van der Waals surface area contributed by atoms with E-state index in [1.54, 1.807) is 6.07 Å². The van der Waals surface area contributed by atoms with E-state index in [1.807, 2.05) is 43.3 Å². The second-order valence-corrected chi connectivity index (χ2v) is 10.2. The van der Waals surface area contributed by atoms with E-state index < -0.39 is 15.9 Å². The van der Waals surface area contributed by atoms with Gasteiger partial charge in [0.2, 0.25) is 10.0 Å². The Balaban J connectivity index is 1.83. The average molecular weight is 469 g/mol. The summed E-state index contributed by atoms with van der Waals surface area (Å²) in [5.41, 5.74) is 12.5. The van der Waals surface area contributed by atoms with Crippen LogP contribution in [0, 0.1) is 6.92 Å². The minimum atomic E-state index is -3.24. The van der Waals surface area contributed by atoms with E-state index in [-0.39, 0.29) is 6.61 Å². The highest BCUT2D eigenvalue weighted by molar-refractivity contribution is 7.88. The van der Waals surface area contributed by atoms with Gasteiger partial charge in [0.05, 0.1) is 23.9 Å². The molecular weight excluding hydrogens is 440 g/mol. The molecule has 0 unspecified atom stereocenters. The molecule has 0 fully saturated rings. The highest BCUT2D eigenvalue weighted by Crippen LogP contribution is 2.37. The number of aromatic amines is 1. The lowest BCUT2D eigenvalue weighted by molar-refractivity contribution is 0.100. The molecule has 2 aromatic carbocycles.